The van der Waals surface area contributed by atoms with E-state index in [-0.39, 0.29) is 24.9 Å². The molecule has 1 amide bonds. The van der Waals surface area contributed by atoms with Gasteiger partial charge in [-0.15, -0.1) is 11.3 Å². The number of rotatable bonds is 6. The van der Waals surface area contributed by atoms with Gasteiger partial charge in [0.25, 0.3) is 0 Å². The van der Waals surface area contributed by atoms with E-state index >= 15 is 0 Å². The van der Waals surface area contributed by atoms with Crippen molar-refractivity contribution in [2.75, 3.05) is 6.54 Å². The average molecular weight is 330 g/mol. The van der Waals surface area contributed by atoms with E-state index in [9.17, 15) is 9.59 Å². The highest BCUT2D eigenvalue weighted by Crippen LogP contribution is 2.28. The SMILES string of the molecule is Cc1ccc(-c2nc(CC(=O)N(CC(=O)O)C3CC3)cs2)cc1. The van der Waals surface area contributed by atoms with Gasteiger partial charge >= 0.3 is 5.97 Å². The predicted octanol–water partition coefficient (Wildman–Crippen LogP) is 2.74. The van der Waals surface area contributed by atoms with Gasteiger partial charge in [-0.1, -0.05) is 29.8 Å². The number of benzene rings is 1. The summed E-state index contributed by atoms with van der Waals surface area (Å²) < 4.78 is 0. The average Bonchev–Trinajstić information content (AvgIpc) is 3.25. The van der Waals surface area contributed by atoms with Crippen molar-refractivity contribution < 1.29 is 14.7 Å². The zero-order chi connectivity index (χ0) is 16.4. The first-order chi connectivity index (χ1) is 11.0. The normalized spacial score (nSPS) is 13.8. The van der Waals surface area contributed by atoms with Crippen LogP contribution in [0.2, 0.25) is 0 Å². The van der Waals surface area contributed by atoms with Crippen LogP contribution in [0.25, 0.3) is 10.6 Å². The zero-order valence-corrected chi connectivity index (χ0v) is 13.7. The Balaban J connectivity index is 1.69. The van der Waals surface area contributed by atoms with Gasteiger partial charge in [0.05, 0.1) is 12.1 Å². The summed E-state index contributed by atoms with van der Waals surface area (Å²) in [4.78, 5) is 29.2. The van der Waals surface area contributed by atoms with Crippen LogP contribution in [0.1, 0.15) is 24.1 Å². The molecule has 1 saturated carbocycles. The number of carbonyl (C=O) groups excluding carboxylic acids is 1. The Kier molecular flexibility index (Phi) is 4.43. The second-order valence-corrected chi connectivity index (χ2v) is 6.69. The zero-order valence-electron chi connectivity index (χ0n) is 12.9. The van der Waals surface area contributed by atoms with E-state index in [0.717, 1.165) is 23.4 Å². The Morgan fingerprint density at radius 3 is 2.61 bits per heavy atom. The summed E-state index contributed by atoms with van der Waals surface area (Å²) in [7, 11) is 0. The number of carbonyl (C=O) groups is 2. The van der Waals surface area contributed by atoms with Crippen LogP contribution in [0, 0.1) is 6.92 Å². The first-order valence-electron chi connectivity index (χ1n) is 7.55. The van der Waals surface area contributed by atoms with Crippen LogP contribution >= 0.6 is 11.3 Å². The van der Waals surface area contributed by atoms with Crippen LogP contribution < -0.4 is 0 Å². The Morgan fingerprint density at radius 2 is 2.00 bits per heavy atom. The summed E-state index contributed by atoms with van der Waals surface area (Å²) in [6.45, 7) is 1.81. The van der Waals surface area contributed by atoms with Crippen LogP contribution in [0.15, 0.2) is 29.6 Å². The summed E-state index contributed by atoms with van der Waals surface area (Å²) in [5, 5.41) is 11.7. The number of amides is 1. The Hall–Kier alpha value is -2.21. The fourth-order valence-corrected chi connectivity index (χ4v) is 3.25. The maximum Gasteiger partial charge on any atom is 0.323 e. The molecule has 3 rings (SSSR count). The quantitative estimate of drug-likeness (QED) is 0.884. The van der Waals surface area contributed by atoms with Crippen LogP contribution in [-0.4, -0.2) is 39.5 Å². The summed E-state index contributed by atoms with van der Waals surface area (Å²) in [6.07, 6.45) is 1.95. The lowest BCUT2D eigenvalue weighted by molar-refractivity contribution is -0.144. The molecule has 6 heteroatoms. The van der Waals surface area contributed by atoms with Crippen molar-refractivity contribution in [3.63, 3.8) is 0 Å². The van der Waals surface area contributed by atoms with E-state index in [1.165, 1.54) is 21.8 Å². The number of aromatic nitrogens is 1. The molecule has 0 bridgehead atoms. The monoisotopic (exact) mass is 330 g/mol. The largest absolute Gasteiger partial charge is 0.480 e. The van der Waals surface area contributed by atoms with Gasteiger partial charge in [-0.2, -0.15) is 0 Å². The van der Waals surface area contributed by atoms with Gasteiger partial charge in [0.15, 0.2) is 0 Å². The molecular weight excluding hydrogens is 312 g/mol. The Morgan fingerprint density at radius 1 is 1.30 bits per heavy atom. The lowest BCUT2D eigenvalue weighted by atomic mass is 10.2. The van der Waals surface area contributed by atoms with Crippen LogP contribution in [0.4, 0.5) is 0 Å². The molecular formula is C17H18N2O3S. The van der Waals surface area contributed by atoms with Gasteiger partial charge < -0.3 is 10.0 Å². The molecule has 0 unspecified atom stereocenters. The highest BCUT2D eigenvalue weighted by atomic mass is 32.1. The molecule has 2 aromatic rings. The molecule has 0 radical (unpaired) electrons. The standard InChI is InChI=1S/C17H18N2O3S/c1-11-2-4-12(5-3-11)17-18-13(10-23-17)8-15(20)19(9-16(21)22)14-6-7-14/h2-5,10,14H,6-9H2,1H3,(H,21,22). The number of thiazole rings is 1. The first kappa shape index (κ1) is 15.7. The van der Waals surface area contributed by atoms with Gasteiger partial charge in [0, 0.05) is 17.0 Å². The molecule has 1 aromatic carbocycles. The summed E-state index contributed by atoms with van der Waals surface area (Å²) in [6, 6.07) is 8.18. The third-order valence-corrected chi connectivity index (χ3v) is 4.74. The Bertz CT molecular complexity index is 720. The number of nitrogens with zero attached hydrogens (tertiary/aromatic N) is 2. The van der Waals surface area contributed by atoms with Crippen LogP contribution in [-0.2, 0) is 16.0 Å². The maximum atomic E-state index is 12.3. The molecule has 1 aliphatic carbocycles. The van der Waals surface area contributed by atoms with E-state index in [4.69, 9.17) is 5.11 Å². The molecule has 1 aliphatic rings. The first-order valence-corrected chi connectivity index (χ1v) is 8.43. The number of aryl methyl sites for hydroxylation is 1. The van der Waals surface area contributed by atoms with Crippen molar-refractivity contribution in [3.8, 4) is 10.6 Å². The van der Waals surface area contributed by atoms with E-state index < -0.39 is 5.97 Å². The van der Waals surface area contributed by atoms with Crippen LogP contribution in [0.5, 0.6) is 0 Å². The van der Waals surface area contributed by atoms with Crippen molar-refractivity contribution in [2.24, 2.45) is 0 Å². The molecule has 0 saturated heterocycles. The Labute approximate surface area is 138 Å². The van der Waals surface area contributed by atoms with Gasteiger partial charge in [0.2, 0.25) is 5.91 Å². The molecule has 23 heavy (non-hydrogen) atoms. The van der Waals surface area contributed by atoms with Crippen molar-refractivity contribution in [2.45, 2.75) is 32.2 Å². The molecule has 1 heterocycles. The predicted molar refractivity (Wildman–Crippen MR) is 88.4 cm³/mol. The summed E-state index contributed by atoms with van der Waals surface area (Å²) in [5.41, 5.74) is 2.92. The molecule has 0 spiro atoms. The number of hydrogen-bond donors (Lipinski definition) is 1. The highest BCUT2D eigenvalue weighted by Gasteiger charge is 2.33. The van der Waals surface area contributed by atoms with Crippen molar-refractivity contribution >= 4 is 23.2 Å². The van der Waals surface area contributed by atoms with Gasteiger partial charge in [-0.25, -0.2) is 4.98 Å². The van der Waals surface area contributed by atoms with Crippen LogP contribution in [0.3, 0.4) is 0 Å². The van der Waals surface area contributed by atoms with Gasteiger partial charge in [0.1, 0.15) is 11.6 Å². The van der Waals surface area contributed by atoms with E-state index in [1.807, 2.05) is 36.6 Å². The fourth-order valence-electron chi connectivity index (χ4n) is 2.43. The summed E-state index contributed by atoms with van der Waals surface area (Å²) >= 11 is 1.50. The number of hydrogen-bond acceptors (Lipinski definition) is 4. The molecule has 1 fully saturated rings. The van der Waals surface area contributed by atoms with Crippen molar-refractivity contribution in [3.05, 3.63) is 40.9 Å². The minimum atomic E-state index is -0.969. The molecule has 120 valence electrons. The maximum absolute atomic E-state index is 12.3. The number of carboxylic acid groups (broad SMARTS) is 1. The van der Waals surface area contributed by atoms with E-state index in [0.29, 0.717) is 5.69 Å². The molecule has 5 nitrogen and oxygen atoms in total. The van der Waals surface area contributed by atoms with Crippen molar-refractivity contribution in [1.29, 1.82) is 0 Å². The third-order valence-electron chi connectivity index (χ3n) is 3.80. The molecule has 1 N–H and O–H groups in total. The fraction of sp³-hybridized carbons (Fsp3) is 0.353. The number of aliphatic carboxylic acids is 1. The number of carboxylic acids is 1. The molecule has 1 aromatic heterocycles. The van der Waals surface area contributed by atoms with Gasteiger partial charge in [-0.05, 0) is 19.8 Å². The lowest BCUT2D eigenvalue weighted by Gasteiger charge is -2.19. The second-order valence-electron chi connectivity index (χ2n) is 5.83. The second kappa shape index (κ2) is 6.50. The van der Waals surface area contributed by atoms with Crippen molar-refractivity contribution in [1.82, 2.24) is 9.88 Å². The third kappa shape index (κ3) is 3.96. The minimum absolute atomic E-state index is 0.0915. The minimum Gasteiger partial charge on any atom is -0.480 e. The molecule has 0 atom stereocenters. The topological polar surface area (TPSA) is 70.5 Å². The lowest BCUT2D eigenvalue weighted by Crippen LogP contribution is -2.38. The van der Waals surface area contributed by atoms with Gasteiger partial charge in [-0.3, -0.25) is 9.59 Å². The smallest absolute Gasteiger partial charge is 0.323 e. The van der Waals surface area contributed by atoms with E-state index in [1.54, 1.807) is 0 Å². The molecule has 0 aliphatic heterocycles. The van der Waals surface area contributed by atoms with E-state index in [2.05, 4.69) is 4.98 Å². The summed E-state index contributed by atoms with van der Waals surface area (Å²) in [5.74, 6) is -1.13. The highest BCUT2D eigenvalue weighted by molar-refractivity contribution is 7.13.